The number of carbonyl (C=O) groups excluding carboxylic acids is 3. The molecule has 2 N–H and O–H groups in total. The molecule has 2 aliphatic rings. The van der Waals surface area contributed by atoms with Gasteiger partial charge in [0.15, 0.2) is 0 Å². The molecule has 3 atom stereocenters. The van der Waals surface area contributed by atoms with Crippen molar-refractivity contribution in [1.82, 2.24) is 19.8 Å². The zero-order chi connectivity index (χ0) is 24.8. The molecule has 0 spiro atoms. The van der Waals surface area contributed by atoms with Crippen molar-refractivity contribution < 1.29 is 14.4 Å². The van der Waals surface area contributed by atoms with E-state index in [-0.39, 0.29) is 41.9 Å². The largest absolute Gasteiger partial charge is 0.330 e. The van der Waals surface area contributed by atoms with Gasteiger partial charge in [-0.05, 0) is 45.6 Å². The van der Waals surface area contributed by atoms with Gasteiger partial charge in [-0.3, -0.25) is 14.4 Å². The molecule has 9 heteroatoms. The fraction of sp³-hybridized carbons (Fsp3) is 0.577. The lowest BCUT2D eigenvalue weighted by molar-refractivity contribution is -0.144. The number of amides is 2. The Hall–Kier alpha value is -2.65. The Morgan fingerprint density at radius 3 is 2.54 bits per heavy atom. The van der Waals surface area contributed by atoms with Crippen molar-refractivity contribution >= 4 is 34.1 Å². The molecule has 1 aliphatic carbocycles. The number of rotatable bonds is 9. The van der Waals surface area contributed by atoms with Gasteiger partial charge in [0.2, 0.25) is 11.8 Å². The number of hydrogen-bond acceptors (Lipinski definition) is 7. The van der Waals surface area contributed by atoms with Crippen LogP contribution in [0, 0.1) is 11.8 Å². The first kappa shape index (κ1) is 25.4. The molecule has 2 fully saturated rings. The van der Waals surface area contributed by atoms with Gasteiger partial charge in [0.25, 0.3) is 0 Å². The maximum absolute atomic E-state index is 13.8. The van der Waals surface area contributed by atoms with Crippen molar-refractivity contribution in [2.45, 2.75) is 70.4 Å². The molecule has 1 saturated carbocycles. The second-order valence-electron chi connectivity index (χ2n) is 9.68. The third-order valence-corrected chi connectivity index (χ3v) is 8.12. The summed E-state index contributed by atoms with van der Waals surface area (Å²) in [5, 5.41) is 10.8. The van der Waals surface area contributed by atoms with Crippen LogP contribution in [0.1, 0.15) is 58.3 Å². The van der Waals surface area contributed by atoms with E-state index in [0.29, 0.717) is 23.7 Å². The molecule has 4 rings (SSSR count). The van der Waals surface area contributed by atoms with E-state index in [1.807, 2.05) is 37.3 Å². The summed E-state index contributed by atoms with van der Waals surface area (Å²) < 4.78 is 4.03. The molecule has 8 nitrogen and oxygen atoms in total. The number of Topliss-reactive ketones (excluding diaryl/α,β-unsaturated/α-hetero) is 1. The number of carbonyl (C=O) groups is 3. The standard InChI is InChI=1S/C26H35N5O3S/c1-17(27-2)22(32)16-20(18-10-5-3-6-11-18)26(34)31-15-9-14-21(31)24(33)28-25-23(29-30-35-25)19-12-7-4-8-13-19/h4,7-8,12-13,17-18,20-21,27H,3,5-6,9-11,14-16H2,1-2H3,(H,28,33)/t17-,20-,21-/m0/s1. The topological polar surface area (TPSA) is 104 Å². The van der Waals surface area contributed by atoms with Gasteiger partial charge in [-0.1, -0.05) is 54.1 Å². The number of nitrogens with one attached hydrogen (secondary N) is 2. The van der Waals surface area contributed by atoms with Gasteiger partial charge >= 0.3 is 0 Å². The van der Waals surface area contributed by atoms with Crippen molar-refractivity contribution in [1.29, 1.82) is 0 Å². The number of hydrogen-bond donors (Lipinski definition) is 2. The highest BCUT2D eigenvalue weighted by atomic mass is 32.1. The SMILES string of the molecule is CN[C@@H](C)C(=O)C[C@H](C(=O)N1CCC[C@H]1C(=O)Nc1snnc1-c1ccccc1)C1CCCCC1. The van der Waals surface area contributed by atoms with E-state index < -0.39 is 6.04 Å². The van der Waals surface area contributed by atoms with Crippen LogP contribution in [0.2, 0.25) is 0 Å². The fourth-order valence-electron chi connectivity index (χ4n) is 5.32. The van der Waals surface area contributed by atoms with Crippen LogP contribution in [-0.4, -0.2) is 57.8 Å². The molecule has 0 unspecified atom stereocenters. The summed E-state index contributed by atoms with van der Waals surface area (Å²) in [6.07, 6.45) is 6.92. The van der Waals surface area contributed by atoms with Crippen molar-refractivity contribution in [3.05, 3.63) is 30.3 Å². The molecule has 2 amide bonds. The Morgan fingerprint density at radius 2 is 1.83 bits per heavy atom. The molecular weight excluding hydrogens is 462 g/mol. The average Bonchev–Trinajstić information content (AvgIpc) is 3.57. The number of ketones is 1. The predicted molar refractivity (Wildman–Crippen MR) is 137 cm³/mol. The first-order chi connectivity index (χ1) is 17.0. The zero-order valence-electron chi connectivity index (χ0n) is 20.5. The van der Waals surface area contributed by atoms with Gasteiger partial charge < -0.3 is 15.5 Å². The summed E-state index contributed by atoms with van der Waals surface area (Å²) in [4.78, 5) is 41.7. The van der Waals surface area contributed by atoms with Crippen LogP contribution >= 0.6 is 11.5 Å². The highest BCUT2D eigenvalue weighted by Gasteiger charge is 2.41. The molecule has 2 heterocycles. The third-order valence-electron chi connectivity index (χ3n) is 7.48. The smallest absolute Gasteiger partial charge is 0.247 e. The lowest BCUT2D eigenvalue weighted by Gasteiger charge is -2.34. The van der Waals surface area contributed by atoms with E-state index in [2.05, 4.69) is 20.2 Å². The van der Waals surface area contributed by atoms with Gasteiger partial charge in [-0.2, -0.15) is 0 Å². The van der Waals surface area contributed by atoms with Gasteiger partial charge in [0.05, 0.1) is 6.04 Å². The third kappa shape index (κ3) is 5.95. The highest BCUT2D eigenvalue weighted by Crippen LogP contribution is 2.35. The summed E-state index contributed by atoms with van der Waals surface area (Å²) >= 11 is 1.14. The summed E-state index contributed by atoms with van der Waals surface area (Å²) in [6, 6.07) is 8.77. The first-order valence-corrected chi connectivity index (χ1v) is 13.5. The van der Waals surface area contributed by atoms with Gasteiger partial charge in [0.1, 0.15) is 22.5 Å². The molecule has 1 saturated heterocycles. The highest BCUT2D eigenvalue weighted by molar-refractivity contribution is 7.10. The molecule has 188 valence electrons. The number of benzene rings is 1. The fourth-order valence-corrected chi connectivity index (χ4v) is 5.91. The monoisotopic (exact) mass is 497 g/mol. The summed E-state index contributed by atoms with van der Waals surface area (Å²) in [5.41, 5.74) is 1.51. The normalized spacial score (nSPS) is 20.4. The van der Waals surface area contributed by atoms with Crippen LogP contribution in [0.3, 0.4) is 0 Å². The van der Waals surface area contributed by atoms with Crippen LogP contribution < -0.4 is 10.6 Å². The Kier molecular flexibility index (Phi) is 8.62. The molecule has 2 aromatic rings. The first-order valence-electron chi connectivity index (χ1n) is 12.7. The minimum absolute atomic E-state index is 0.0445. The number of anilines is 1. The molecule has 1 aromatic carbocycles. The van der Waals surface area contributed by atoms with Gasteiger partial charge in [-0.25, -0.2) is 0 Å². The van der Waals surface area contributed by atoms with E-state index in [9.17, 15) is 14.4 Å². The van der Waals surface area contributed by atoms with E-state index >= 15 is 0 Å². The minimum Gasteiger partial charge on any atom is -0.330 e. The van der Waals surface area contributed by atoms with E-state index in [1.54, 1.807) is 11.9 Å². The van der Waals surface area contributed by atoms with Crippen LogP contribution in [0.5, 0.6) is 0 Å². The van der Waals surface area contributed by atoms with Crippen molar-refractivity contribution in [2.24, 2.45) is 11.8 Å². The Bertz CT molecular complexity index is 1020. The van der Waals surface area contributed by atoms with Crippen LogP contribution in [0.4, 0.5) is 5.00 Å². The van der Waals surface area contributed by atoms with Crippen molar-refractivity contribution in [2.75, 3.05) is 18.9 Å². The maximum atomic E-state index is 13.8. The lowest BCUT2D eigenvalue weighted by Crippen LogP contribution is -2.48. The molecular formula is C26H35N5O3S. The lowest BCUT2D eigenvalue weighted by atomic mass is 9.76. The Labute approximate surface area is 211 Å². The molecule has 35 heavy (non-hydrogen) atoms. The predicted octanol–water partition coefficient (Wildman–Crippen LogP) is 3.90. The number of aromatic nitrogens is 2. The number of likely N-dealkylation sites (N-methyl/N-ethyl adjacent to an activating group) is 1. The number of nitrogens with zero attached hydrogens (tertiary/aromatic N) is 3. The molecule has 0 bridgehead atoms. The Morgan fingerprint density at radius 1 is 1.09 bits per heavy atom. The van der Waals surface area contributed by atoms with E-state index in [1.165, 1.54) is 6.42 Å². The van der Waals surface area contributed by atoms with Crippen molar-refractivity contribution in [3.8, 4) is 11.3 Å². The maximum Gasteiger partial charge on any atom is 0.247 e. The van der Waals surface area contributed by atoms with E-state index in [0.717, 1.165) is 49.2 Å². The summed E-state index contributed by atoms with van der Waals surface area (Å²) in [5.74, 6) is -0.367. The van der Waals surface area contributed by atoms with Crippen LogP contribution in [0.25, 0.3) is 11.3 Å². The molecule has 1 aromatic heterocycles. The van der Waals surface area contributed by atoms with Crippen molar-refractivity contribution in [3.63, 3.8) is 0 Å². The number of likely N-dealkylation sites (tertiary alicyclic amines) is 1. The summed E-state index contributed by atoms with van der Waals surface area (Å²) in [7, 11) is 1.76. The average molecular weight is 498 g/mol. The molecule has 0 radical (unpaired) electrons. The summed E-state index contributed by atoms with van der Waals surface area (Å²) in [6.45, 7) is 2.38. The van der Waals surface area contributed by atoms with Gasteiger partial charge in [-0.15, -0.1) is 5.10 Å². The molecule has 1 aliphatic heterocycles. The quantitative estimate of drug-likeness (QED) is 0.545. The minimum atomic E-state index is -0.545. The van der Waals surface area contributed by atoms with E-state index in [4.69, 9.17) is 0 Å². The van der Waals surface area contributed by atoms with Crippen LogP contribution in [0.15, 0.2) is 30.3 Å². The second kappa shape index (κ2) is 11.9. The van der Waals surface area contributed by atoms with Gasteiger partial charge in [0, 0.05) is 36.0 Å². The Balaban J connectivity index is 1.50. The second-order valence-corrected chi connectivity index (χ2v) is 10.4. The van der Waals surface area contributed by atoms with Crippen LogP contribution in [-0.2, 0) is 14.4 Å². The zero-order valence-corrected chi connectivity index (χ0v) is 21.4.